The van der Waals surface area contributed by atoms with E-state index in [0.29, 0.717) is 36.6 Å². The lowest BCUT2D eigenvalue weighted by Crippen LogP contribution is -2.41. The van der Waals surface area contributed by atoms with Gasteiger partial charge in [0.2, 0.25) is 6.79 Å². The lowest BCUT2D eigenvalue weighted by Gasteiger charge is -2.23. The average molecular weight is 462 g/mol. The van der Waals surface area contributed by atoms with E-state index < -0.39 is 22.4 Å². The minimum atomic E-state index is -4.39. The summed E-state index contributed by atoms with van der Waals surface area (Å²) in [4.78, 5) is 8.77. The molecule has 3 atom stereocenters. The van der Waals surface area contributed by atoms with Gasteiger partial charge in [-0.05, 0) is 36.6 Å². The van der Waals surface area contributed by atoms with Crippen LogP contribution >= 0.6 is 0 Å². The molecule has 3 heterocycles. The molecule has 2 aliphatic rings. The molecular formula is C20H23N5O6S. The van der Waals surface area contributed by atoms with Gasteiger partial charge in [0.25, 0.3) is 0 Å². The van der Waals surface area contributed by atoms with Crippen LogP contribution in [0.3, 0.4) is 0 Å². The maximum absolute atomic E-state index is 11.5. The highest BCUT2D eigenvalue weighted by Gasteiger charge is 2.40. The number of aromatic nitrogens is 3. The highest BCUT2D eigenvalue weighted by Crippen LogP contribution is 2.37. The fourth-order valence-corrected chi connectivity index (χ4v) is 4.97. The van der Waals surface area contributed by atoms with Crippen LogP contribution in [0, 0.1) is 0 Å². The molecule has 0 spiro atoms. The number of rotatable bonds is 6. The van der Waals surface area contributed by atoms with Crippen LogP contribution in [0.15, 0.2) is 36.8 Å². The SMILES string of the molecule is CN([C@H]1C[C@@H](n2ccc3c(NCc4ccc5c(c4)OCO5)ncnc32)C[C@@H]1O)S(=O)(=O)O. The van der Waals surface area contributed by atoms with Gasteiger partial charge in [0.1, 0.15) is 17.8 Å². The number of anilines is 1. The molecule has 0 unspecified atom stereocenters. The zero-order chi connectivity index (χ0) is 22.5. The van der Waals surface area contributed by atoms with Crippen molar-refractivity contribution >= 4 is 27.2 Å². The van der Waals surface area contributed by atoms with Crippen LogP contribution in [-0.2, 0) is 16.8 Å². The summed E-state index contributed by atoms with van der Waals surface area (Å²) in [5, 5.41) is 14.5. The fraction of sp³-hybridized carbons (Fsp3) is 0.400. The second kappa shape index (κ2) is 7.89. The van der Waals surface area contributed by atoms with Gasteiger partial charge in [0.05, 0.1) is 17.5 Å². The summed E-state index contributed by atoms with van der Waals surface area (Å²) in [5.74, 6) is 2.11. The molecule has 1 fully saturated rings. The van der Waals surface area contributed by atoms with Gasteiger partial charge in [-0.1, -0.05) is 6.07 Å². The van der Waals surface area contributed by atoms with Crippen molar-refractivity contribution in [3.8, 4) is 11.5 Å². The van der Waals surface area contributed by atoms with Crippen molar-refractivity contribution in [2.45, 2.75) is 37.6 Å². The van der Waals surface area contributed by atoms with E-state index in [4.69, 9.17) is 9.47 Å². The van der Waals surface area contributed by atoms with Crippen LogP contribution in [0.1, 0.15) is 24.4 Å². The standard InChI is InChI=1S/C20H23N5O6S/c1-24(32(27,28)29)15-7-13(8-16(15)26)25-5-4-14-19(22-10-23-20(14)25)21-9-12-2-3-17-18(6-12)31-11-30-17/h2-6,10,13,15-16,26H,7-9,11H2,1H3,(H,21,22,23)(H,27,28,29)/t13-,15+,16+/m1/s1. The number of fused-ring (bicyclic) bond motifs is 2. The molecule has 0 amide bonds. The first-order valence-corrected chi connectivity index (χ1v) is 11.5. The number of likely N-dealkylation sites (N-methyl/N-ethyl adjacent to an activating group) is 1. The van der Waals surface area contributed by atoms with Crippen molar-refractivity contribution in [2.24, 2.45) is 0 Å². The van der Waals surface area contributed by atoms with Gasteiger partial charge in [-0.25, -0.2) is 9.97 Å². The Labute approximate surface area is 184 Å². The van der Waals surface area contributed by atoms with Gasteiger partial charge in [0.15, 0.2) is 11.5 Å². The van der Waals surface area contributed by atoms with Crippen LogP contribution < -0.4 is 14.8 Å². The van der Waals surface area contributed by atoms with Crippen molar-refractivity contribution in [1.82, 2.24) is 18.8 Å². The molecule has 1 saturated carbocycles. The smallest absolute Gasteiger partial charge is 0.335 e. The largest absolute Gasteiger partial charge is 0.454 e. The molecular weight excluding hydrogens is 438 g/mol. The molecule has 3 N–H and O–H groups in total. The fourth-order valence-electron chi connectivity index (χ4n) is 4.40. The van der Waals surface area contributed by atoms with E-state index in [2.05, 4.69) is 15.3 Å². The minimum absolute atomic E-state index is 0.173. The maximum Gasteiger partial charge on any atom is 0.335 e. The van der Waals surface area contributed by atoms with Crippen LogP contribution in [0.25, 0.3) is 11.0 Å². The van der Waals surface area contributed by atoms with Gasteiger partial charge in [0, 0.05) is 25.8 Å². The van der Waals surface area contributed by atoms with Gasteiger partial charge in [-0.15, -0.1) is 0 Å². The Bertz CT molecular complexity index is 1260. The molecule has 12 heteroatoms. The van der Waals surface area contributed by atoms with Crippen molar-refractivity contribution in [2.75, 3.05) is 19.2 Å². The summed E-state index contributed by atoms with van der Waals surface area (Å²) < 4.78 is 45.8. The van der Waals surface area contributed by atoms with Crippen LogP contribution in [0.2, 0.25) is 0 Å². The van der Waals surface area contributed by atoms with Crippen molar-refractivity contribution in [1.29, 1.82) is 0 Å². The molecule has 32 heavy (non-hydrogen) atoms. The van der Waals surface area contributed by atoms with E-state index in [0.717, 1.165) is 21.0 Å². The summed E-state index contributed by atoms with van der Waals surface area (Å²) in [5.41, 5.74) is 1.69. The normalized spacial score (nSPS) is 22.7. The minimum Gasteiger partial charge on any atom is -0.454 e. The number of hydrogen-bond acceptors (Lipinski definition) is 8. The third-order valence-corrected chi connectivity index (χ3v) is 7.10. The third-order valence-electron chi connectivity index (χ3n) is 6.10. The van der Waals surface area contributed by atoms with E-state index in [1.807, 2.05) is 35.0 Å². The quantitative estimate of drug-likeness (QED) is 0.467. The Morgan fingerprint density at radius 3 is 2.84 bits per heavy atom. The maximum atomic E-state index is 11.5. The Morgan fingerprint density at radius 2 is 2.03 bits per heavy atom. The van der Waals surface area contributed by atoms with E-state index in [-0.39, 0.29) is 12.8 Å². The van der Waals surface area contributed by atoms with Crippen molar-refractivity contribution < 1.29 is 27.6 Å². The Morgan fingerprint density at radius 1 is 1.22 bits per heavy atom. The second-order valence-electron chi connectivity index (χ2n) is 7.98. The van der Waals surface area contributed by atoms with Crippen LogP contribution in [0.5, 0.6) is 11.5 Å². The molecule has 0 saturated heterocycles. The lowest BCUT2D eigenvalue weighted by molar-refractivity contribution is 0.117. The molecule has 0 bridgehead atoms. The topological polar surface area (TPSA) is 139 Å². The molecule has 1 aromatic carbocycles. The van der Waals surface area contributed by atoms with E-state index in [1.54, 1.807) is 0 Å². The van der Waals surface area contributed by atoms with Crippen molar-refractivity contribution in [3.63, 3.8) is 0 Å². The lowest BCUT2D eigenvalue weighted by atomic mass is 10.2. The second-order valence-corrected chi connectivity index (χ2v) is 9.45. The monoisotopic (exact) mass is 461 g/mol. The van der Waals surface area contributed by atoms with E-state index >= 15 is 0 Å². The molecule has 1 aliphatic heterocycles. The zero-order valence-corrected chi connectivity index (χ0v) is 18.1. The first-order chi connectivity index (χ1) is 15.3. The molecule has 5 rings (SSSR count). The molecule has 1 aliphatic carbocycles. The predicted octanol–water partition coefficient (Wildman–Crippen LogP) is 1.57. The van der Waals surface area contributed by atoms with E-state index in [9.17, 15) is 18.1 Å². The molecule has 2 aromatic heterocycles. The highest BCUT2D eigenvalue weighted by molar-refractivity contribution is 7.83. The molecule has 170 valence electrons. The molecule has 11 nitrogen and oxygen atoms in total. The zero-order valence-electron chi connectivity index (χ0n) is 17.2. The summed E-state index contributed by atoms with van der Waals surface area (Å²) in [6.45, 7) is 0.750. The number of aliphatic hydroxyl groups excluding tert-OH is 1. The Hall–Kier alpha value is -2.93. The molecule has 0 radical (unpaired) electrons. The number of ether oxygens (including phenoxy) is 2. The number of benzene rings is 1. The first kappa shape index (κ1) is 20.9. The first-order valence-electron chi connectivity index (χ1n) is 10.1. The van der Waals surface area contributed by atoms with Gasteiger partial charge >= 0.3 is 10.3 Å². The summed E-state index contributed by atoms with van der Waals surface area (Å²) in [7, 11) is -3.12. The number of aliphatic hydroxyl groups is 1. The third kappa shape index (κ3) is 3.75. The summed E-state index contributed by atoms with van der Waals surface area (Å²) >= 11 is 0. The van der Waals surface area contributed by atoms with Gasteiger partial charge in [-0.3, -0.25) is 4.55 Å². The van der Waals surface area contributed by atoms with E-state index in [1.165, 1.54) is 13.4 Å². The van der Waals surface area contributed by atoms with Gasteiger partial charge < -0.3 is 24.5 Å². The summed E-state index contributed by atoms with van der Waals surface area (Å²) in [6, 6.07) is 6.76. The van der Waals surface area contributed by atoms with Gasteiger partial charge in [-0.2, -0.15) is 12.7 Å². The highest BCUT2D eigenvalue weighted by atomic mass is 32.2. The number of hydrogen-bond donors (Lipinski definition) is 3. The van der Waals surface area contributed by atoms with Crippen LogP contribution in [0.4, 0.5) is 5.82 Å². The van der Waals surface area contributed by atoms with Crippen molar-refractivity contribution in [3.05, 3.63) is 42.4 Å². The number of nitrogens with zero attached hydrogens (tertiary/aromatic N) is 4. The summed E-state index contributed by atoms with van der Waals surface area (Å²) in [6.07, 6.45) is 3.13. The Kier molecular flexibility index (Phi) is 5.16. The predicted molar refractivity (Wildman–Crippen MR) is 115 cm³/mol. The Balaban J connectivity index is 1.35. The van der Waals surface area contributed by atoms with Crippen LogP contribution in [-0.4, -0.2) is 62.9 Å². The number of nitrogens with one attached hydrogen (secondary N) is 1. The molecule has 3 aromatic rings. The average Bonchev–Trinajstić information content (AvgIpc) is 3.48.